The molecule has 296 valence electrons. The molecular weight excluding hydrogens is 683 g/mol. The Balaban J connectivity index is 1.20. The SMILES string of the molecule is CC1=CCCC2(C)C(CCC2(O)CN(CC(O)COCc2ccccc2)CC2CCC3CC2C3(C)C)c2ccc(cc2C(=O)c2ccccc2)CC(O)CC1. The van der Waals surface area contributed by atoms with E-state index >= 15 is 0 Å². The minimum atomic E-state index is -1.05. The van der Waals surface area contributed by atoms with E-state index in [1.807, 2.05) is 66.7 Å². The van der Waals surface area contributed by atoms with E-state index in [0.717, 1.165) is 54.8 Å². The summed E-state index contributed by atoms with van der Waals surface area (Å²) in [6, 6.07) is 25.9. The maximum Gasteiger partial charge on any atom is 0.193 e. The summed E-state index contributed by atoms with van der Waals surface area (Å²) in [5.74, 6) is 1.94. The van der Waals surface area contributed by atoms with Gasteiger partial charge in [-0.15, -0.1) is 0 Å². The molecule has 8 atom stereocenters. The number of carbonyl (C=O) groups excluding carboxylic acids is 1. The van der Waals surface area contributed by atoms with Gasteiger partial charge in [0.15, 0.2) is 5.78 Å². The summed E-state index contributed by atoms with van der Waals surface area (Å²) in [6.45, 7) is 11.8. The Morgan fingerprint density at radius 2 is 1.69 bits per heavy atom. The summed E-state index contributed by atoms with van der Waals surface area (Å²) in [6.07, 6.45) is 9.84. The van der Waals surface area contributed by atoms with Crippen LogP contribution in [0.1, 0.15) is 124 Å². The van der Waals surface area contributed by atoms with Crippen LogP contribution in [0.3, 0.4) is 0 Å². The molecule has 9 rings (SSSR count). The lowest BCUT2D eigenvalue weighted by Gasteiger charge is -2.61. The molecule has 3 N–H and O–H groups in total. The van der Waals surface area contributed by atoms with Crippen LogP contribution in [0.5, 0.6) is 0 Å². The molecule has 0 radical (unpaired) electrons. The molecule has 0 amide bonds. The van der Waals surface area contributed by atoms with Crippen LogP contribution < -0.4 is 0 Å². The summed E-state index contributed by atoms with van der Waals surface area (Å²) in [4.78, 5) is 16.8. The van der Waals surface area contributed by atoms with E-state index in [1.165, 1.54) is 24.8 Å². The average Bonchev–Trinajstić information content (AvgIpc) is 3.42. The molecule has 3 aromatic carbocycles. The number of hydrogen-bond donors (Lipinski definition) is 3. The van der Waals surface area contributed by atoms with Gasteiger partial charge in [0.1, 0.15) is 0 Å². The average molecular weight is 748 g/mol. The lowest BCUT2D eigenvalue weighted by molar-refractivity contribution is -0.127. The molecule has 4 bridgehead atoms. The fraction of sp³-hybridized carbons (Fsp3) is 0.571. The number of aliphatic hydroxyl groups excluding tert-OH is 2. The largest absolute Gasteiger partial charge is 0.393 e. The molecule has 0 saturated heterocycles. The van der Waals surface area contributed by atoms with Gasteiger partial charge >= 0.3 is 0 Å². The number of aliphatic hydroxyl groups is 3. The third kappa shape index (κ3) is 8.60. The fourth-order valence-electron chi connectivity index (χ4n) is 11.3. The molecule has 4 fully saturated rings. The smallest absolute Gasteiger partial charge is 0.193 e. The van der Waals surface area contributed by atoms with Crippen LogP contribution in [-0.2, 0) is 17.8 Å². The predicted octanol–water partition coefficient (Wildman–Crippen LogP) is 8.91. The molecule has 6 aliphatic rings. The van der Waals surface area contributed by atoms with Gasteiger partial charge in [-0.3, -0.25) is 9.69 Å². The molecule has 4 saturated carbocycles. The lowest BCUT2D eigenvalue weighted by atomic mass is 9.45. The highest BCUT2D eigenvalue weighted by Crippen LogP contribution is 2.62. The molecule has 6 nitrogen and oxygen atoms in total. The molecule has 0 heterocycles. The number of ether oxygens (including phenoxy) is 1. The van der Waals surface area contributed by atoms with Gasteiger partial charge in [-0.05, 0) is 123 Å². The van der Waals surface area contributed by atoms with Crippen molar-refractivity contribution in [3.05, 3.63) is 118 Å². The van der Waals surface area contributed by atoms with Crippen LogP contribution in [0, 0.1) is 28.6 Å². The van der Waals surface area contributed by atoms with Crippen molar-refractivity contribution in [2.75, 3.05) is 26.2 Å². The van der Waals surface area contributed by atoms with Crippen molar-refractivity contribution in [2.45, 2.75) is 122 Å². The quantitative estimate of drug-likeness (QED) is 0.127. The first-order valence-corrected chi connectivity index (χ1v) is 21.2. The van der Waals surface area contributed by atoms with E-state index < -0.39 is 23.2 Å². The van der Waals surface area contributed by atoms with Crippen molar-refractivity contribution in [3.8, 4) is 0 Å². The van der Waals surface area contributed by atoms with Crippen molar-refractivity contribution in [2.24, 2.45) is 28.6 Å². The Morgan fingerprint density at radius 3 is 2.42 bits per heavy atom. The summed E-state index contributed by atoms with van der Waals surface area (Å²) >= 11 is 0. The third-order valence-corrected chi connectivity index (χ3v) is 14.8. The Hall–Kier alpha value is -3.13. The van der Waals surface area contributed by atoms with Gasteiger partial charge in [0.25, 0.3) is 0 Å². The number of carbonyl (C=O) groups is 1. The highest BCUT2D eigenvalue weighted by molar-refractivity contribution is 6.10. The van der Waals surface area contributed by atoms with Gasteiger partial charge in [0, 0.05) is 36.2 Å². The molecule has 0 spiro atoms. The van der Waals surface area contributed by atoms with Crippen LogP contribution in [-0.4, -0.2) is 70.1 Å². The monoisotopic (exact) mass is 747 g/mol. The molecule has 3 aromatic rings. The first kappa shape index (κ1) is 40.1. The third-order valence-electron chi connectivity index (χ3n) is 14.8. The first-order valence-electron chi connectivity index (χ1n) is 21.2. The highest BCUT2D eigenvalue weighted by atomic mass is 16.5. The van der Waals surface area contributed by atoms with Crippen LogP contribution in [0.25, 0.3) is 0 Å². The summed E-state index contributed by atoms with van der Waals surface area (Å²) in [5, 5.41) is 35.8. The molecule has 8 unspecified atom stereocenters. The lowest BCUT2D eigenvalue weighted by Crippen LogP contribution is -2.58. The Kier molecular flexibility index (Phi) is 12.2. The van der Waals surface area contributed by atoms with Crippen molar-refractivity contribution in [3.63, 3.8) is 0 Å². The van der Waals surface area contributed by atoms with Crippen LogP contribution in [0.4, 0.5) is 0 Å². The standard InChI is InChI=1S/C49H65NO5/c1-34-12-11-24-48(4)44(42-22-18-36(26-40(51)21-17-34)27-43(42)46(53)37-15-9-6-10-16-37)23-25-49(48,54)33-50(29-38-19-20-39-28-45(38)47(39,2)3)30-41(52)32-55-31-35-13-7-5-8-14-35/h5-10,12-16,18,22,27,38-41,44-45,51-52,54H,11,17,19-21,23-26,28-33H2,1-4H3. The van der Waals surface area contributed by atoms with Gasteiger partial charge < -0.3 is 20.1 Å². The molecule has 0 aromatic heterocycles. The second-order valence-corrected chi connectivity index (χ2v) is 18.7. The van der Waals surface area contributed by atoms with Crippen molar-refractivity contribution < 1.29 is 24.9 Å². The number of benzene rings is 3. The van der Waals surface area contributed by atoms with E-state index in [4.69, 9.17) is 4.74 Å². The van der Waals surface area contributed by atoms with Gasteiger partial charge in [-0.25, -0.2) is 0 Å². The maximum atomic E-state index is 14.4. The van der Waals surface area contributed by atoms with Gasteiger partial charge in [0.2, 0.25) is 0 Å². The zero-order valence-corrected chi connectivity index (χ0v) is 33.8. The molecule has 55 heavy (non-hydrogen) atoms. The van der Waals surface area contributed by atoms with Crippen molar-refractivity contribution in [1.82, 2.24) is 4.90 Å². The van der Waals surface area contributed by atoms with Crippen LogP contribution >= 0.6 is 0 Å². The van der Waals surface area contributed by atoms with Crippen molar-refractivity contribution >= 4 is 5.78 Å². The van der Waals surface area contributed by atoms with Gasteiger partial charge in [0.05, 0.1) is 31.0 Å². The van der Waals surface area contributed by atoms with Gasteiger partial charge in [-0.2, -0.15) is 0 Å². The fourth-order valence-corrected chi connectivity index (χ4v) is 11.3. The van der Waals surface area contributed by atoms with E-state index in [9.17, 15) is 20.1 Å². The minimum absolute atomic E-state index is 0.00784. The highest BCUT2D eigenvalue weighted by Gasteiger charge is 2.58. The van der Waals surface area contributed by atoms with E-state index in [0.29, 0.717) is 67.3 Å². The molecule has 6 aliphatic carbocycles. The summed E-state index contributed by atoms with van der Waals surface area (Å²) in [5.41, 5.74) is 4.41. The first-order chi connectivity index (χ1) is 26.4. The maximum absolute atomic E-state index is 14.4. The molecular formula is C49H65NO5. The van der Waals surface area contributed by atoms with E-state index in [2.05, 4.69) is 50.8 Å². The minimum Gasteiger partial charge on any atom is -0.393 e. The van der Waals surface area contributed by atoms with Crippen molar-refractivity contribution in [1.29, 1.82) is 0 Å². The molecule has 6 heteroatoms. The number of hydrogen-bond acceptors (Lipinski definition) is 6. The number of rotatable bonds is 12. The Bertz CT molecular complexity index is 1790. The Labute approximate surface area is 330 Å². The van der Waals surface area contributed by atoms with E-state index in [1.54, 1.807) is 0 Å². The second-order valence-electron chi connectivity index (χ2n) is 18.7. The Morgan fingerprint density at radius 1 is 0.945 bits per heavy atom. The number of nitrogens with zero attached hydrogens (tertiary/aromatic N) is 1. The summed E-state index contributed by atoms with van der Waals surface area (Å²) in [7, 11) is 0. The zero-order valence-electron chi connectivity index (χ0n) is 33.8. The topological polar surface area (TPSA) is 90.2 Å². The summed E-state index contributed by atoms with van der Waals surface area (Å²) < 4.78 is 6.04. The molecule has 0 aliphatic heterocycles. The number of fused-ring (bicyclic) bond motifs is 10. The number of allylic oxidation sites excluding steroid dienone is 2. The second kappa shape index (κ2) is 16.8. The van der Waals surface area contributed by atoms with Crippen LogP contribution in [0.2, 0.25) is 0 Å². The number of ketones is 1. The zero-order chi connectivity index (χ0) is 38.8. The normalized spacial score (nSPS) is 30.9. The van der Waals surface area contributed by atoms with Gasteiger partial charge in [-0.1, -0.05) is 105 Å². The van der Waals surface area contributed by atoms with Crippen LogP contribution in [0.15, 0.2) is 90.5 Å². The predicted molar refractivity (Wildman–Crippen MR) is 220 cm³/mol. The van der Waals surface area contributed by atoms with E-state index in [-0.39, 0.29) is 18.3 Å².